The number of aromatic amines is 1. The van der Waals surface area contributed by atoms with Crippen LogP contribution in [0.1, 0.15) is 23.9 Å². The van der Waals surface area contributed by atoms with Crippen molar-refractivity contribution in [2.45, 2.75) is 31.8 Å². The lowest BCUT2D eigenvalue weighted by molar-refractivity contribution is -0.136. The minimum Gasteiger partial charge on any atom is -0.326 e. The maximum Gasteiger partial charge on any atom is 0.418 e. The highest BCUT2D eigenvalue weighted by molar-refractivity contribution is 7.92. The van der Waals surface area contributed by atoms with Crippen LogP contribution in [0, 0.1) is 13.8 Å². The smallest absolute Gasteiger partial charge is 0.326 e. The van der Waals surface area contributed by atoms with Gasteiger partial charge in [-0.05, 0) is 32.0 Å². The summed E-state index contributed by atoms with van der Waals surface area (Å²) in [7, 11) is -4.28. The number of amides is 1. The molecule has 1 aromatic heterocycles. The summed E-state index contributed by atoms with van der Waals surface area (Å²) in [6.07, 6.45) is -4.83. The van der Waals surface area contributed by atoms with Crippen molar-refractivity contribution in [1.29, 1.82) is 0 Å². The molecule has 11 heteroatoms. The first kappa shape index (κ1) is 18.8. The largest absolute Gasteiger partial charge is 0.418 e. The van der Waals surface area contributed by atoms with E-state index in [9.17, 15) is 26.4 Å². The average Bonchev–Trinajstić information content (AvgIpc) is 2.78. The molecule has 0 radical (unpaired) electrons. The Kier molecular flexibility index (Phi) is 4.80. The highest BCUT2D eigenvalue weighted by Gasteiger charge is 2.35. The van der Waals surface area contributed by atoms with Gasteiger partial charge in [-0.2, -0.15) is 18.3 Å². The fourth-order valence-electron chi connectivity index (χ4n) is 2.28. The van der Waals surface area contributed by atoms with Crippen LogP contribution in [0.2, 0.25) is 0 Å². The van der Waals surface area contributed by atoms with Crippen LogP contribution in [0.25, 0.3) is 0 Å². The van der Waals surface area contributed by atoms with E-state index < -0.39 is 33.4 Å². The second kappa shape index (κ2) is 6.39. The molecule has 3 N–H and O–H groups in total. The van der Waals surface area contributed by atoms with Gasteiger partial charge in [0.05, 0.1) is 22.6 Å². The maximum absolute atomic E-state index is 13.3. The number of sulfonamides is 1. The molecule has 1 heterocycles. The van der Waals surface area contributed by atoms with Crippen LogP contribution in [0.4, 0.5) is 24.5 Å². The molecule has 0 bridgehead atoms. The van der Waals surface area contributed by atoms with Gasteiger partial charge in [-0.3, -0.25) is 14.6 Å². The van der Waals surface area contributed by atoms with E-state index in [1.807, 2.05) is 4.72 Å². The summed E-state index contributed by atoms with van der Waals surface area (Å²) in [5.74, 6) is -0.550. The number of aromatic nitrogens is 2. The Labute approximate surface area is 141 Å². The van der Waals surface area contributed by atoms with Gasteiger partial charge in [-0.1, -0.05) is 0 Å². The van der Waals surface area contributed by atoms with Crippen LogP contribution >= 0.6 is 0 Å². The van der Waals surface area contributed by atoms with Crippen molar-refractivity contribution in [1.82, 2.24) is 10.2 Å². The van der Waals surface area contributed by atoms with Crippen LogP contribution in [0.5, 0.6) is 0 Å². The lowest BCUT2D eigenvalue weighted by atomic mass is 10.1. The summed E-state index contributed by atoms with van der Waals surface area (Å²) in [5.41, 5.74) is -1.64. The highest BCUT2D eigenvalue weighted by atomic mass is 32.2. The van der Waals surface area contributed by atoms with Crippen molar-refractivity contribution in [2.75, 3.05) is 10.0 Å². The van der Waals surface area contributed by atoms with Gasteiger partial charge >= 0.3 is 6.18 Å². The standard InChI is InChI=1S/C14H15F3N4O3S/c1-7-13(8(2)20-19-7)25(23,24)21-12-5-4-10(18-9(3)22)6-11(12)14(15,16)17/h4-6,21H,1-3H3,(H,18,22)(H,19,20). The fourth-order valence-corrected chi connectivity index (χ4v) is 3.73. The fraction of sp³-hybridized carbons (Fsp3) is 0.286. The summed E-state index contributed by atoms with van der Waals surface area (Å²) in [5, 5.41) is 8.42. The Morgan fingerprint density at radius 3 is 2.36 bits per heavy atom. The molecular formula is C14H15F3N4O3S. The molecule has 0 saturated heterocycles. The summed E-state index contributed by atoms with van der Waals surface area (Å²) in [6.45, 7) is 4.01. The molecule has 2 aromatic rings. The second-order valence-corrected chi connectivity index (χ2v) is 6.93. The molecule has 0 aliphatic rings. The van der Waals surface area contributed by atoms with Crippen molar-refractivity contribution in [3.63, 3.8) is 0 Å². The zero-order valence-corrected chi connectivity index (χ0v) is 14.3. The molecule has 25 heavy (non-hydrogen) atoms. The third-order valence-corrected chi connectivity index (χ3v) is 4.85. The molecule has 0 aliphatic carbocycles. The number of halogens is 3. The number of hydrogen-bond donors (Lipinski definition) is 3. The first-order chi connectivity index (χ1) is 11.4. The normalized spacial score (nSPS) is 12.1. The predicted octanol–water partition coefficient (Wildman–Crippen LogP) is 2.80. The topological polar surface area (TPSA) is 104 Å². The lowest BCUT2D eigenvalue weighted by Crippen LogP contribution is -2.19. The number of carbonyl (C=O) groups excluding carboxylic acids is 1. The van der Waals surface area contributed by atoms with Crippen LogP contribution < -0.4 is 10.0 Å². The van der Waals surface area contributed by atoms with E-state index in [1.54, 1.807) is 0 Å². The molecule has 1 amide bonds. The number of aryl methyl sites for hydroxylation is 2. The third-order valence-electron chi connectivity index (χ3n) is 3.22. The number of nitrogens with one attached hydrogen (secondary N) is 3. The monoisotopic (exact) mass is 376 g/mol. The van der Waals surface area contributed by atoms with Crippen molar-refractivity contribution in [3.8, 4) is 0 Å². The van der Waals surface area contributed by atoms with E-state index in [0.29, 0.717) is 6.07 Å². The van der Waals surface area contributed by atoms with E-state index in [1.165, 1.54) is 19.9 Å². The van der Waals surface area contributed by atoms with E-state index in [2.05, 4.69) is 15.5 Å². The number of hydrogen-bond acceptors (Lipinski definition) is 4. The van der Waals surface area contributed by atoms with Crippen LogP contribution in [0.15, 0.2) is 23.1 Å². The number of H-pyrrole nitrogens is 1. The third kappa shape index (κ3) is 4.10. The molecule has 0 saturated carbocycles. The number of benzene rings is 1. The number of rotatable bonds is 4. The first-order valence-electron chi connectivity index (χ1n) is 6.95. The Bertz CT molecular complexity index is 900. The van der Waals surface area contributed by atoms with E-state index >= 15 is 0 Å². The molecule has 136 valence electrons. The van der Waals surface area contributed by atoms with Gasteiger partial charge in [0.1, 0.15) is 4.90 Å². The molecule has 0 fully saturated rings. The summed E-state index contributed by atoms with van der Waals surface area (Å²) >= 11 is 0. The van der Waals surface area contributed by atoms with Crippen LogP contribution in [0.3, 0.4) is 0 Å². The molecule has 0 atom stereocenters. The van der Waals surface area contributed by atoms with Crippen molar-refractivity contribution in [3.05, 3.63) is 35.2 Å². The summed E-state index contributed by atoms with van der Waals surface area (Å²) in [4.78, 5) is 10.8. The van der Waals surface area contributed by atoms with Crippen molar-refractivity contribution >= 4 is 27.3 Å². The van der Waals surface area contributed by atoms with Gasteiger partial charge in [-0.15, -0.1) is 0 Å². The molecular weight excluding hydrogens is 361 g/mol. The summed E-state index contributed by atoms with van der Waals surface area (Å²) < 4.78 is 66.6. The lowest BCUT2D eigenvalue weighted by Gasteiger charge is -2.16. The first-order valence-corrected chi connectivity index (χ1v) is 8.43. The Hall–Kier alpha value is -2.56. The minimum atomic E-state index is -4.83. The van der Waals surface area contributed by atoms with E-state index in [4.69, 9.17) is 0 Å². The minimum absolute atomic E-state index is 0.0987. The van der Waals surface area contributed by atoms with Gasteiger partial charge in [-0.25, -0.2) is 8.42 Å². The van der Waals surface area contributed by atoms with Crippen LogP contribution in [-0.4, -0.2) is 24.5 Å². The van der Waals surface area contributed by atoms with Gasteiger partial charge in [0.25, 0.3) is 10.0 Å². The number of alkyl halides is 3. The Morgan fingerprint density at radius 2 is 1.88 bits per heavy atom. The van der Waals surface area contributed by atoms with Crippen molar-refractivity contribution in [2.24, 2.45) is 0 Å². The average molecular weight is 376 g/mol. The number of carbonyl (C=O) groups is 1. The molecule has 0 aliphatic heterocycles. The number of nitrogens with zero attached hydrogens (tertiary/aromatic N) is 1. The quantitative estimate of drug-likeness (QED) is 0.763. The molecule has 2 rings (SSSR count). The zero-order chi connectivity index (χ0) is 19.0. The van der Waals surface area contributed by atoms with Crippen LogP contribution in [-0.2, 0) is 21.0 Å². The molecule has 1 aromatic carbocycles. The maximum atomic E-state index is 13.3. The SMILES string of the molecule is CC(=O)Nc1ccc(NS(=O)(=O)c2c(C)n[nH]c2C)c(C(F)(F)F)c1. The predicted molar refractivity (Wildman–Crippen MR) is 84.6 cm³/mol. The van der Waals surface area contributed by atoms with E-state index in [-0.39, 0.29) is 22.0 Å². The Morgan fingerprint density at radius 1 is 1.24 bits per heavy atom. The highest BCUT2D eigenvalue weighted by Crippen LogP contribution is 2.37. The van der Waals surface area contributed by atoms with E-state index in [0.717, 1.165) is 13.0 Å². The molecule has 7 nitrogen and oxygen atoms in total. The van der Waals surface area contributed by atoms with Gasteiger partial charge in [0.15, 0.2) is 0 Å². The van der Waals surface area contributed by atoms with Gasteiger partial charge in [0.2, 0.25) is 5.91 Å². The van der Waals surface area contributed by atoms with Gasteiger partial charge < -0.3 is 5.32 Å². The second-order valence-electron chi connectivity index (χ2n) is 5.31. The Balaban J connectivity index is 2.50. The number of anilines is 2. The van der Waals surface area contributed by atoms with Crippen molar-refractivity contribution < 1.29 is 26.4 Å². The molecule has 0 unspecified atom stereocenters. The summed E-state index contributed by atoms with van der Waals surface area (Å²) in [6, 6.07) is 2.77. The molecule has 0 spiro atoms. The van der Waals surface area contributed by atoms with Gasteiger partial charge in [0, 0.05) is 12.6 Å². The zero-order valence-electron chi connectivity index (χ0n) is 13.4.